The summed E-state index contributed by atoms with van der Waals surface area (Å²) in [7, 11) is 0. The van der Waals surface area contributed by atoms with Gasteiger partial charge in [-0.05, 0) is 23.6 Å². The number of alkyl halides is 3. The maximum atomic E-state index is 11.9. The maximum absolute atomic E-state index is 11.9. The highest BCUT2D eigenvalue weighted by Gasteiger charge is 2.27. The first-order valence-corrected chi connectivity index (χ1v) is 6.19. The van der Waals surface area contributed by atoms with E-state index in [2.05, 4.69) is 9.64 Å². The Morgan fingerprint density at radius 3 is 2.84 bits per heavy atom. The van der Waals surface area contributed by atoms with Gasteiger partial charge in [0.2, 0.25) is 0 Å². The van der Waals surface area contributed by atoms with Crippen LogP contribution in [0, 0.1) is 0 Å². The van der Waals surface area contributed by atoms with Crippen molar-refractivity contribution in [3.63, 3.8) is 0 Å². The zero-order chi connectivity index (χ0) is 13.9. The van der Waals surface area contributed by atoms with Crippen LogP contribution in [0.4, 0.5) is 18.9 Å². The molecule has 1 aromatic carbocycles. The molecule has 0 radical (unpaired) electrons. The van der Waals surface area contributed by atoms with Crippen LogP contribution in [0.3, 0.4) is 0 Å². The third-order valence-electron chi connectivity index (χ3n) is 3.20. The molecule has 0 unspecified atom stereocenters. The lowest BCUT2D eigenvalue weighted by Crippen LogP contribution is -2.34. The van der Waals surface area contributed by atoms with Crippen molar-refractivity contribution < 1.29 is 17.9 Å². The predicted octanol–water partition coefficient (Wildman–Crippen LogP) is 2.21. The molecule has 19 heavy (non-hydrogen) atoms. The monoisotopic (exact) mass is 274 g/mol. The van der Waals surface area contributed by atoms with Gasteiger partial charge in [-0.1, -0.05) is 12.1 Å². The lowest BCUT2D eigenvalue weighted by Gasteiger charge is -2.29. The Labute approximate surface area is 110 Å². The number of halogens is 3. The second-order valence-corrected chi connectivity index (χ2v) is 4.68. The zero-order valence-corrected chi connectivity index (χ0v) is 10.5. The van der Waals surface area contributed by atoms with Crippen LogP contribution in [0.15, 0.2) is 18.2 Å². The van der Waals surface area contributed by atoms with Crippen LogP contribution >= 0.6 is 0 Å². The number of nitrogens with zero attached hydrogens (tertiary/aromatic N) is 1. The highest BCUT2D eigenvalue weighted by atomic mass is 19.4. The number of hydrogen-bond acceptors (Lipinski definition) is 3. The van der Waals surface area contributed by atoms with E-state index in [1.165, 1.54) is 0 Å². The lowest BCUT2D eigenvalue weighted by atomic mass is 9.98. The molecule has 0 spiro atoms. The normalized spacial score (nSPS) is 16.4. The van der Waals surface area contributed by atoms with Crippen molar-refractivity contribution in [2.24, 2.45) is 0 Å². The predicted molar refractivity (Wildman–Crippen MR) is 66.7 cm³/mol. The average molecular weight is 274 g/mol. The summed E-state index contributed by atoms with van der Waals surface area (Å²) in [5.74, 6) is 0. The largest absolute Gasteiger partial charge is 0.411 e. The van der Waals surface area contributed by atoms with Gasteiger partial charge in [0.1, 0.15) is 6.61 Å². The minimum absolute atomic E-state index is 0.0944. The van der Waals surface area contributed by atoms with Gasteiger partial charge in [0, 0.05) is 25.3 Å². The quantitative estimate of drug-likeness (QED) is 0.676. The van der Waals surface area contributed by atoms with Crippen molar-refractivity contribution in [3.8, 4) is 0 Å². The average Bonchev–Trinajstić information content (AvgIpc) is 2.34. The first-order valence-electron chi connectivity index (χ1n) is 6.19. The fourth-order valence-electron chi connectivity index (χ4n) is 2.27. The van der Waals surface area contributed by atoms with E-state index in [4.69, 9.17) is 5.73 Å². The topological polar surface area (TPSA) is 38.5 Å². The van der Waals surface area contributed by atoms with E-state index in [-0.39, 0.29) is 6.61 Å². The van der Waals surface area contributed by atoms with Crippen LogP contribution in [0.1, 0.15) is 11.1 Å². The first kappa shape index (κ1) is 14.1. The molecule has 0 amide bonds. The molecule has 2 rings (SSSR count). The van der Waals surface area contributed by atoms with E-state index in [1.54, 1.807) is 0 Å². The first-order chi connectivity index (χ1) is 8.96. The van der Waals surface area contributed by atoms with Gasteiger partial charge in [-0.25, -0.2) is 0 Å². The molecule has 0 bridgehead atoms. The summed E-state index contributed by atoms with van der Waals surface area (Å²) in [6.45, 7) is 0.943. The number of fused-ring (bicyclic) bond motifs is 1. The number of nitrogen functional groups attached to an aromatic ring is 1. The fourth-order valence-corrected chi connectivity index (χ4v) is 2.27. The number of hydrogen-bond donors (Lipinski definition) is 1. The molecule has 0 atom stereocenters. The molecular formula is C13H17F3N2O. The van der Waals surface area contributed by atoms with E-state index >= 15 is 0 Å². The van der Waals surface area contributed by atoms with Crippen LogP contribution in [-0.4, -0.2) is 37.4 Å². The van der Waals surface area contributed by atoms with Crippen molar-refractivity contribution in [3.05, 3.63) is 29.3 Å². The molecule has 0 aromatic heterocycles. The van der Waals surface area contributed by atoms with Gasteiger partial charge in [0.05, 0.1) is 6.61 Å². The van der Waals surface area contributed by atoms with Gasteiger partial charge in [-0.2, -0.15) is 13.2 Å². The van der Waals surface area contributed by atoms with E-state index in [9.17, 15) is 13.2 Å². The summed E-state index contributed by atoms with van der Waals surface area (Å²) in [5, 5.41) is 0. The number of nitrogens with two attached hydrogens (primary N) is 1. The summed E-state index contributed by atoms with van der Waals surface area (Å²) >= 11 is 0. The Morgan fingerprint density at radius 1 is 1.32 bits per heavy atom. The summed E-state index contributed by atoms with van der Waals surface area (Å²) in [5.41, 5.74) is 9.00. The maximum Gasteiger partial charge on any atom is 0.411 e. The summed E-state index contributed by atoms with van der Waals surface area (Å²) in [6, 6.07) is 5.78. The fraction of sp³-hybridized carbons (Fsp3) is 0.538. The Bertz CT molecular complexity index is 434. The number of ether oxygens (including phenoxy) is 1. The second-order valence-electron chi connectivity index (χ2n) is 4.68. The van der Waals surface area contributed by atoms with E-state index in [0.717, 1.165) is 36.3 Å². The molecule has 0 aliphatic carbocycles. The summed E-state index contributed by atoms with van der Waals surface area (Å²) in [4.78, 5) is 2.08. The SMILES string of the molecule is Nc1cccc2c1CCN(CCOCC(F)(F)F)C2. The molecular weight excluding hydrogens is 257 g/mol. The van der Waals surface area contributed by atoms with Crippen molar-refractivity contribution in [2.45, 2.75) is 19.1 Å². The molecule has 1 aromatic rings. The minimum atomic E-state index is -4.25. The van der Waals surface area contributed by atoms with Crippen LogP contribution in [0.5, 0.6) is 0 Å². The third-order valence-corrected chi connectivity index (χ3v) is 3.20. The molecule has 0 saturated carbocycles. The number of benzene rings is 1. The smallest absolute Gasteiger partial charge is 0.398 e. The van der Waals surface area contributed by atoms with Gasteiger partial charge in [0.25, 0.3) is 0 Å². The van der Waals surface area contributed by atoms with E-state index < -0.39 is 12.8 Å². The molecule has 0 fully saturated rings. The summed E-state index contributed by atoms with van der Waals surface area (Å²) < 4.78 is 40.4. The molecule has 3 nitrogen and oxygen atoms in total. The molecule has 1 aliphatic rings. The van der Waals surface area contributed by atoms with Crippen LogP contribution < -0.4 is 5.73 Å². The molecule has 106 valence electrons. The van der Waals surface area contributed by atoms with Crippen molar-refractivity contribution in [1.29, 1.82) is 0 Å². The Hall–Kier alpha value is -1.27. The highest BCUT2D eigenvalue weighted by Crippen LogP contribution is 2.23. The van der Waals surface area contributed by atoms with Crippen LogP contribution in [0.25, 0.3) is 0 Å². The van der Waals surface area contributed by atoms with E-state index in [1.807, 2.05) is 18.2 Å². The highest BCUT2D eigenvalue weighted by molar-refractivity contribution is 5.51. The molecule has 6 heteroatoms. The molecule has 2 N–H and O–H groups in total. The molecule has 1 aliphatic heterocycles. The van der Waals surface area contributed by atoms with E-state index in [0.29, 0.717) is 6.54 Å². The van der Waals surface area contributed by atoms with Gasteiger partial charge >= 0.3 is 6.18 Å². The minimum Gasteiger partial charge on any atom is -0.398 e. The van der Waals surface area contributed by atoms with Gasteiger partial charge in [-0.3, -0.25) is 4.90 Å². The van der Waals surface area contributed by atoms with Crippen molar-refractivity contribution >= 4 is 5.69 Å². The van der Waals surface area contributed by atoms with Crippen LogP contribution in [0.2, 0.25) is 0 Å². The number of rotatable bonds is 4. The Morgan fingerprint density at radius 2 is 2.11 bits per heavy atom. The third kappa shape index (κ3) is 4.11. The van der Waals surface area contributed by atoms with Crippen LogP contribution in [-0.2, 0) is 17.7 Å². The zero-order valence-electron chi connectivity index (χ0n) is 10.5. The number of anilines is 1. The van der Waals surface area contributed by atoms with Gasteiger partial charge < -0.3 is 10.5 Å². The van der Waals surface area contributed by atoms with Gasteiger partial charge in [0.15, 0.2) is 0 Å². The standard InChI is InChI=1S/C13H17F3N2O/c14-13(15,16)9-19-7-6-18-5-4-11-10(8-18)2-1-3-12(11)17/h1-3H,4-9,17H2. The molecule has 0 saturated heterocycles. The van der Waals surface area contributed by atoms with Crippen molar-refractivity contribution in [2.75, 3.05) is 32.0 Å². The Kier molecular flexibility index (Phi) is 4.31. The Balaban J connectivity index is 1.79. The van der Waals surface area contributed by atoms with Crippen molar-refractivity contribution in [1.82, 2.24) is 4.90 Å². The lowest BCUT2D eigenvalue weighted by molar-refractivity contribution is -0.174. The van der Waals surface area contributed by atoms with Gasteiger partial charge in [-0.15, -0.1) is 0 Å². The summed E-state index contributed by atoms with van der Waals surface area (Å²) in [6.07, 6.45) is -3.41. The second kappa shape index (κ2) is 5.79. The molecule has 1 heterocycles.